The van der Waals surface area contributed by atoms with Gasteiger partial charge in [0, 0.05) is 6.04 Å². The molecule has 0 amide bonds. The summed E-state index contributed by atoms with van der Waals surface area (Å²) in [5, 5.41) is 19.3. The molecule has 196 valence electrons. The van der Waals surface area contributed by atoms with Crippen LogP contribution in [0.25, 0.3) is 0 Å². The quantitative estimate of drug-likeness (QED) is 0.385. The third-order valence-corrected chi connectivity index (χ3v) is 6.85. The molecule has 0 aliphatic carbocycles. The fraction of sp³-hybridized carbons (Fsp3) is 0.500. The molecule has 2 aromatic rings. The second-order valence-electron chi connectivity index (χ2n) is 9.16. The Morgan fingerprint density at radius 2 is 1.61 bits per heavy atom. The van der Waals surface area contributed by atoms with E-state index in [1.54, 1.807) is 20.3 Å². The second kappa shape index (κ2) is 13.0. The highest BCUT2D eigenvalue weighted by molar-refractivity contribution is 5.68. The fourth-order valence-corrected chi connectivity index (χ4v) is 4.39. The van der Waals surface area contributed by atoms with E-state index < -0.39 is 18.0 Å². The molecule has 0 aromatic heterocycles. The molecule has 2 atom stereocenters. The first-order valence-electron chi connectivity index (χ1n) is 12.0. The number of carboxylic acids is 1. The van der Waals surface area contributed by atoms with Gasteiger partial charge in [0.1, 0.15) is 0 Å². The average Bonchev–Trinajstić information content (AvgIpc) is 2.88. The average molecular weight is 499 g/mol. The lowest BCUT2D eigenvalue weighted by molar-refractivity contribution is -0.139. The maximum absolute atomic E-state index is 10.9. The molecule has 0 fully saturated rings. The van der Waals surface area contributed by atoms with Gasteiger partial charge in [-0.05, 0) is 74.7 Å². The SMILES string of the molecule is COc1ccc(C(C#N)(CCCN(C)C(C)c2ccc(OC)c(OCC(=O)O)c2)C(C)C)cc1OC. The summed E-state index contributed by atoms with van der Waals surface area (Å²) in [6.45, 7) is 6.55. The van der Waals surface area contributed by atoms with E-state index in [2.05, 4.69) is 31.7 Å². The van der Waals surface area contributed by atoms with E-state index in [1.165, 1.54) is 7.11 Å². The molecule has 2 aromatic carbocycles. The van der Waals surface area contributed by atoms with Crippen LogP contribution in [0.4, 0.5) is 0 Å². The van der Waals surface area contributed by atoms with E-state index in [0.29, 0.717) is 29.4 Å². The molecule has 2 rings (SSSR count). The molecule has 0 bridgehead atoms. The van der Waals surface area contributed by atoms with Gasteiger partial charge in [-0.2, -0.15) is 5.26 Å². The van der Waals surface area contributed by atoms with Crippen LogP contribution in [-0.2, 0) is 10.2 Å². The van der Waals surface area contributed by atoms with Crippen LogP contribution in [0.1, 0.15) is 50.8 Å². The second-order valence-corrected chi connectivity index (χ2v) is 9.16. The minimum atomic E-state index is -1.05. The van der Waals surface area contributed by atoms with Crippen LogP contribution in [0.15, 0.2) is 36.4 Å². The topological polar surface area (TPSA) is 101 Å². The molecule has 0 radical (unpaired) electrons. The summed E-state index contributed by atoms with van der Waals surface area (Å²) in [5.74, 6) is 1.18. The highest BCUT2D eigenvalue weighted by Crippen LogP contribution is 2.40. The van der Waals surface area contributed by atoms with Crippen LogP contribution in [0.2, 0.25) is 0 Å². The van der Waals surface area contributed by atoms with Crippen molar-refractivity contribution in [3.63, 3.8) is 0 Å². The maximum Gasteiger partial charge on any atom is 0.341 e. The van der Waals surface area contributed by atoms with Crippen molar-refractivity contribution in [2.75, 3.05) is 41.5 Å². The van der Waals surface area contributed by atoms with E-state index in [9.17, 15) is 10.1 Å². The molecule has 1 N–H and O–H groups in total. The number of hydrogen-bond donors (Lipinski definition) is 1. The third kappa shape index (κ3) is 6.61. The molecular formula is C28H38N2O6. The molecule has 0 aliphatic heterocycles. The van der Waals surface area contributed by atoms with E-state index in [1.807, 2.05) is 37.4 Å². The summed E-state index contributed by atoms with van der Waals surface area (Å²) in [4.78, 5) is 13.1. The van der Waals surface area contributed by atoms with E-state index >= 15 is 0 Å². The Morgan fingerprint density at radius 1 is 1.00 bits per heavy atom. The van der Waals surface area contributed by atoms with Gasteiger partial charge in [-0.3, -0.25) is 4.90 Å². The number of methoxy groups -OCH3 is 3. The normalized spacial score (nSPS) is 13.6. The van der Waals surface area contributed by atoms with Gasteiger partial charge >= 0.3 is 5.97 Å². The van der Waals surface area contributed by atoms with E-state index in [4.69, 9.17) is 24.1 Å². The van der Waals surface area contributed by atoms with Crippen molar-refractivity contribution in [1.82, 2.24) is 4.90 Å². The van der Waals surface area contributed by atoms with Gasteiger partial charge in [0.15, 0.2) is 29.6 Å². The Hall–Kier alpha value is -3.44. The zero-order valence-electron chi connectivity index (χ0n) is 22.3. The number of rotatable bonds is 14. The highest BCUT2D eigenvalue weighted by atomic mass is 16.5. The van der Waals surface area contributed by atoms with Crippen LogP contribution in [0.3, 0.4) is 0 Å². The molecule has 0 heterocycles. The first kappa shape index (κ1) is 28.8. The van der Waals surface area contributed by atoms with Crippen molar-refractivity contribution in [2.45, 2.75) is 45.1 Å². The van der Waals surface area contributed by atoms with Gasteiger partial charge in [-0.25, -0.2) is 4.79 Å². The van der Waals surface area contributed by atoms with Crippen molar-refractivity contribution < 1.29 is 28.8 Å². The molecule has 8 nitrogen and oxygen atoms in total. The minimum Gasteiger partial charge on any atom is -0.493 e. The smallest absolute Gasteiger partial charge is 0.341 e. The molecule has 0 aliphatic rings. The zero-order valence-corrected chi connectivity index (χ0v) is 22.3. The van der Waals surface area contributed by atoms with Crippen molar-refractivity contribution in [3.05, 3.63) is 47.5 Å². The van der Waals surface area contributed by atoms with E-state index in [0.717, 1.165) is 24.1 Å². The number of nitrogens with zero attached hydrogens (tertiary/aromatic N) is 2. The summed E-state index contributed by atoms with van der Waals surface area (Å²) < 4.78 is 21.6. The van der Waals surface area contributed by atoms with Crippen molar-refractivity contribution in [2.24, 2.45) is 5.92 Å². The van der Waals surface area contributed by atoms with Crippen LogP contribution < -0.4 is 18.9 Å². The lowest BCUT2D eigenvalue weighted by Crippen LogP contribution is -2.32. The van der Waals surface area contributed by atoms with Gasteiger partial charge in [0.05, 0.1) is 32.8 Å². The monoisotopic (exact) mass is 498 g/mol. The zero-order chi connectivity index (χ0) is 26.9. The Labute approximate surface area is 214 Å². The predicted molar refractivity (Wildman–Crippen MR) is 138 cm³/mol. The van der Waals surface area contributed by atoms with Crippen LogP contribution in [0, 0.1) is 17.2 Å². The lowest BCUT2D eigenvalue weighted by atomic mass is 9.69. The van der Waals surface area contributed by atoms with Crippen LogP contribution >= 0.6 is 0 Å². The molecule has 2 unspecified atom stereocenters. The summed E-state index contributed by atoms with van der Waals surface area (Å²) in [5.41, 5.74) is 1.24. The van der Waals surface area contributed by atoms with Crippen molar-refractivity contribution in [1.29, 1.82) is 5.26 Å². The van der Waals surface area contributed by atoms with Gasteiger partial charge < -0.3 is 24.1 Å². The largest absolute Gasteiger partial charge is 0.493 e. The first-order chi connectivity index (χ1) is 17.1. The van der Waals surface area contributed by atoms with Crippen molar-refractivity contribution >= 4 is 5.97 Å². The maximum atomic E-state index is 10.9. The number of benzene rings is 2. The summed E-state index contributed by atoms with van der Waals surface area (Å²) in [6, 6.07) is 13.9. The number of aliphatic carboxylic acids is 1. The van der Waals surface area contributed by atoms with Gasteiger partial charge in [-0.15, -0.1) is 0 Å². The molecule has 36 heavy (non-hydrogen) atoms. The van der Waals surface area contributed by atoms with Gasteiger partial charge in [0.25, 0.3) is 0 Å². The third-order valence-electron chi connectivity index (χ3n) is 6.85. The number of carboxylic acid groups (broad SMARTS) is 1. The Bertz CT molecular complexity index is 1060. The summed E-state index contributed by atoms with van der Waals surface area (Å²) >= 11 is 0. The molecule has 8 heteroatoms. The Kier molecular flexibility index (Phi) is 10.4. The minimum absolute atomic E-state index is 0.0414. The summed E-state index contributed by atoms with van der Waals surface area (Å²) in [6.07, 6.45) is 1.49. The van der Waals surface area contributed by atoms with Gasteiger partial charge in [-0.1, -0.05) is 26.0 Å². The highest BCUT2D eigenvalue weighted by Gasteiger charge is 2.36. The molecular weight excluding hydrogens is 460 g/mol. The number of ether oxygens (including phenoxy) is 4. The Balaban J connectivity index is 2.17. The number of nitriles is 1. The molecule has 0 saturated heterocycles. The summed E-state index contributed by atoms with van der Waals surface area (Å²) in [7, 11) is 6.75. The number of carbonyl (C=O) groups is 1. The predicted octanol–water partition coefficient (Wildman–Crippen LogP) is 5.07. The van der Waals surface area contributed by atoms with Gasteiger partial charge in [0.2, 0.25) is 0 Å². The molecule has 0 spiro atoms. The van der Waals surface area contributed by atoms with Crippen LogP contribution in [0.5, 0.6) is 23.0 Å². The first-order valence-corrected chi connectivity index (χ1v) is 12.0. The van der Waals surface area contributed by atoms with E-state index in [-0.39, 0.29) is 12.0 Å². The van der Waals surface area contributed by atoms with Crippen LogP contribution in [-0.4, -0.2) is 57.5 Å². The Morgan fingerprint density at radius 3 is 2.17 bits per heavy atom. The molecule has 0 saturated carbocycles. The lowest BCUT2D eigenvalue weighted by Gasteiger charge is -2.33. The number of hydrogen-bond acceptors (Lipinski definition) is 7. The van der Waals surface area contributed by atoms with Crippen molar-refractivity contribution in [3.8, 4) is 29.1 Å². The fourth-order valence-electron chi connectivity index (χ4n) is 4.39. The standard InChI is InChI=1S/C28H38N2O6/c1-19(2)28(18-29,22-10-12-23(33-5)25(16-22)35-7)13-8-14-30(4)20(3)21-9-11-24(34-6)26(15-21)36-17-27(31)32/h9-12,15-16,19-20H,8,13-14,17H2,1-7H3,(H,31,32).